The molecule has 0 aliphatic carbocycles. The molecule has 1 aromatic heterocycles. The molecule has 0 saturated carbocycles. The minimum absolute atomic E-state index is 0.0372. The normalized spacial score (nSPS) is 13.5. The van der Waals surface area contributed by atoms with Gasteiger partial charge in [0.15, 0.2) is 0 Å². The van der Waals surface area contributed by atoms with Crippen LogP contribution < -0.4 is 15.4 Å². The van der Waals surface area contributed by atoms with Crippen LogP contribution in [0.3, 0.4) is 0 Å². The van der Waals surface area contributed by atoms with Crippen molar-refractivity contribution in [1.29, 1.82) is 0 Å². The van der Waals surface area contributed by atoms with E-state index in [1.54, 1.807) is 6.07 Å². The summed E-state index contributed by atoms with van der Waals surface area (Å²) < 4.78 is 57.5. The van der Waals surface area contributed by atoms with Gasteiger partial charge in [-0.25, -0.2) is 17.6 Å². The molecule has 1 amide bonds. The number of aromatic amines is 1. The first-order valence-electron chi connectivity index (χ1n) is 14.8. The van der Waals surface area contributed by atoms with Gasteiger partial charge in [0.05, 0.1) is 5.56 Å². The molecule has 2 N–H and O–H groups in total. The van der Waals surface area contributed by atoms with E-state index in [2.05, 4.69) is 9.88 Å². The van der Waals surface area contributed by atoms with Gasteiger partial charge in [0.1, 0.15) is 29.0 Å². The van der Waals surface area contributed by atoms with Gasteiger partial charge in [-0.1, -0.05) is 18.2 Å². The van der Waals surface area contributed by atoms with E-state index in [0.29, 0.717) is 31.3 Å². The highest BCUT2D eigenvalue weighted by Gasteiger charge is 2.27. The third-order valence-corrected chi connectivity index (χ3v) is 8.12. The van der Waals surface area contributed by atoms with Gasteiger partial charge in [0.25, 0.3) is 11.5 Å². The molecule has 2 heterocycles. The summed E-state index contributed by atoms with van der Waals surface area (Å²) >= 11 is 0. The Labute approximate surface area is 268 Å². The molecular weight excluding hydrogens is 616 g/mol. The van der Waals surface area contributed by atoms with E-state index in [1.165, 1.54) is 23.1 Å². The Hall–Kier alpha value is -5.39. The number of amides is 1. The summed E-state index contributed by atoms with van der Waals surface area (Å²) in [6.07, 6.45) is 0.946. The Morgan fingerprint density at radius 1 is 0.851 bits per heavy atom. The fourth-order valence-corrected chi connectivity index (χ4v) is 5.55. The Bertz CT molecular complexity index is 1880. The van der Waals surface area contributed by atoms with E-state index in [-0.39, 0.29) is 36.2 Å². The average molecular weight is 649 g/mol. The number of anilines is 2. The van der Waals surface area contributed by atoms with E-state index in [0.717, 1.165) is 17.6 Å². The van der Waals surface area contributed by atoms with Crippen molar-refractivity contribution >= 4 is 28.8 Å². The van der Waals surface area contributed by atoms with Crippen LogP contribution >= 0.6 is 0 Å². The van der Waals surface area contributed by atoms with Crippen molar-refractivity contribution in [1.82, 2.24) is 9.88 Å². The first kappa shape index (κ1) is 33.0. The number of benzene rings is 3. The van der Waals surface area contributed by atoms with E-state index in [1.807, 2.05) is 43.3 Å². The lowest BCUT2D eigenvalue weighted by Crippen LogP contribution is -2.50. The molecule has 5 rings (SSSR count). The molecule has 1 aliphatic rings. The van der Waals surface area contributed by atoms with Crippen LogP contribution in [0.5, 0.6) is 0 Å². The lowest BCUT2D eigenvalue weighted by atomic mass is 9.91. The van der Waals surface area contributed by atoms with Gasteiger partial charge in [-0.05, 0) is 47.0 Å². The van der Waals surface area contributed by atoms with Crippen LogP contribution in [0, 0.1) is 23.3 Å². The van der Waals surface area contributed by atoms with Gasteiger partial charge in [0, 0.05) is 94.5 Å². The second kappa shape index (κ2) is 13.9. The van der Waals surface area contributed by atoms with Gasteiger partial charge >= 0.3 is 0 Å². The summed E-state index contributed by atoms with van der Waals surface area (Å²) in [4.78, 5) is 47.0. The number of ketones is 1. The third kappa shape index (κ3) is 7.37. The topological polar surface area (TPSA) is 96.9 Å². The molecule has 0 spiro atoms. The highest BCUT2D eigenvalue weighted by Crippen LogP contribution is 2.27. The number of hydrogen-bond acceptors (Lipinski definition) is 6. The highest BCUT2D eigenvalue weighted by atomic mass is 19.1. The molecule has 0 bridgehead atoms. The number of halogens is 4. The first-order chi connectivity index (χ1) is 22.4. The largest absolute Gasteiger partial charge is 0.507 e. The van der Waals surface area contributed by atoms with Gasteiger partial charge in [-0.15, -0.1) is 0 Å². The number of rotatable bonds is 9. The minimum atomic E-state index is -1.18. The number of H-pyrrole nitrogens is 1. The number of carbonyl (C=O) groups is 2. The fourth-order valence-electron chi connectivity index (χ4n) is 5.55. The molecule has 8 nitrogen and oxygen atoms in total. The van der Waals surface area contributed by atoms with E-state index in [4.69, 9.17) is 0 Å². The molecule has 3 aromatic carbocycles. The first-order valence-corrected chi connectivity index (χ1v) is 14.8. The standard InChI is InChI=1S/C35H32F4N4O4/c1-41(2)24-7-9-25(10-8-24)42-11-13-43(14-12-42)35(47)32(45)19-31(44)33-26(15-21-5-3-4-6-28(21)37)22(20-40-34(33)46)16-27-29(38)17-23(36)18-30(27)39/h3-10,17-20,44H,11-16H2,1-2H3,(H,40,46). The monoisotopic (exact) mass is 648 g/mol. The summed E-state index contributed by atoms with van der Waals surface area (Å²) in [5.74, 6) is -7.00. The van der Waals surface area contributed by atoms with Gasteiger partial charge < -0.3 is 24.8 Å². The second-order valence-corrected chi connectivity index (χ2v) is 11.4. The van der Waals surface area contributed by atoms with Crippen molar-refractivity contribution in [3.05, 3.63) is 134 Å². The predicted molar refractivity (Wildman–Crippen MR) is 171 cm³/mol. The number of hydrogen-bond donors (Lipinski definition) is 2. The molecule has 1 fully saturated rings. The second-order valence-electron chi connectivity index (χ2n) is 11.4. The predicted octanol–water partition coefficient (Wildman–Crippen LogP) is 5.00. The molecule has 0 radical (unpaired) electrons. The zero-order chi connectivity index (χ0) is 33.8. The van der Waals surface area contributed by atoms with Crippen LogP contribution in [0.25, 0.3) is 5.76 Å². The molecule has 1 saturated heterocycles. The lowest BCUT2D eigenvalue weighted by molar-refractivity contribution is -0.142. The molecule has 1 aliphatic heterocycles. The van der Waals surface area contributed by atoms with Crippen LogP contribution in [-0.4, -0.2) is 67.0 Å². The minimum Gasteiger partial charge on any atom is -0.507 e. The van der Waals surface area contributed by atoms with E-state index >= 15 is 0 Å². The Balaban J connectivity index is 1.41. The number of nitrogens with one attached hydrogen (secondary N) is 1. The zero-order valence-corrected chi connectivity index (χ0v) is 25.7. The van der Waals surface area contributed by atoms with Crippen LogP contribution in [0.15, 0.2) is 77.7 Å². The number of aliphatic hydroxyl groups is 1. The molecule has 4 aromatic rings. The maximum absolute atomic E-state index is 14.7. The SMILES string of the molecule is CN(C)c1ccc(N2CCN(C(=O)C(=O)C=C(O)c3c(Cc4ccccc4F)c(Cc4c(F)cc(F)cc4F)c[nH]c3=O)CC2)cc1. The fraction of sp³-hybridized carbons (Fsp3) is 0.229. The van der Waals surface area contributed by atoms with Crippen LogP contribution in [-0.2, 0) is 22.4 Å². The van der Waals surface area contributed by atoms with Crippen LogP contribution in [0.1, 0.15) is 27.8 Å². The van der Waals surface area contributed by atoms with Gasteiger partial charge in [-0.3, -0.25) is 14.4 Å². The molecular formula is C35H32F4N4O4. The van der Waals surface area contributed by atoms with E-state index in [9.17, 15) is 37.1 Å². The smallest absolute Gasteiger partial charge is 0.294 e. The Morgan fingerprint density at radius 2 is 1.47 bits per heavy atom. The van der Waals surface area contributed by atoms with Gasteiger partial charge in [-0.2, -0.15) is 0 Å². The van der Waals surface area contributed by atoms with Crippen LogP contribution in [0.4, 0.5) is 28.9 Å². The number of aromatic nitrogens is 1. The van der Waals surface area contributed by atoms with Crippen LogP contribution in [0.2, 0.25) is 0 Å². The highest BCUT2D eigenvalue weighted by molar-refractivity contribution is 6.41. The maximum atomic E-state index is 14.7. The molecule has 12 heteroatoms. The number of pyridine rings is 1. The van der Waals surface area contributed by atoms with Crippen molar-refractivity contribution in [2.24, 2.45) is 0 Å². The van der Waals surface area contributed by atoms with Gasteiger partial charge in [0.2, 0.25) is 5.78 Å². The van der Waals surface area contributed by atoms with E-state index < -0.39 is 63.8 Å². The van der Waals surface area contributed by atoms with Crippen molar-refractivity contribution in [2.75, 3.05) is 50.1 Å². The lowest BCUT2D eigenvalue weighted by Gasteiger charge is -2.35. The average Bonchev–Trinajstić information content (AvgIpc) is 3.04. The molecule has 47 heavy (non-hydrogen) atoms. The zero-order valence-electron chi connectivity index (χ0n) is 25.7. The summed E-state index contributed by atoms with van der Waals surface area (Å²) in [5.41, 5.74) is 0.241. The third-order valence-electron chi connectivity index (χ3n) is 8.12. The number of piperazine rings is 1. The summed E-state index contributed by atoms with van der Waals surface area (Å²) in [6.45, 7) is 1.39. The summed E-state index contributed by atoms with van der Waals surface area (Å²) in [7, 11) is 3.88. The number of carbonyl (C=O) groups excluding carboxylic acids is 2. The molecule has 0 unspecified atom stereocenters. The maximum Gasteiger partial charge on any atom is 0.294 e. The van der Waals surface area contributed by atoms with Crippen molar-refractivity contribution in [3.63, 3.8) is 0 Å². The van der Waals surface area contributed by atoms with Crippen molar-refractivity contribution in [3.8, 4) is 0 Å². The van der Waals surface area contributed by atoms with Crippen molar-refractivity contribution in [2.45, 2.75) is 12.8 Å². The molecule has 0 atom stereocenters. The summed E-state index contributed by atoms with van der Waals surface area (Å²) in [5, 5.41) is 11.1. The Kier molecular flexibility index (Phi) is 9.78. The number of nitrogens with zero attached hydrogens (tertiary/aromatic N) is 3. The summed E-state index contributed by atoms with van der Waals surface area (Å²) in [6, 6.07) is 14.5. The number of aliphatic hydroxyl groups excluding tert-OH is 1. The Morgan fingerprint density at radius 3 is 2.09 bits per heavy atom. The van der Waals surface area contributed by atoms with Crippen molar-refractivity contribution < 1.29 is 32.3 Å². The quantitative estimate of drug-likeness (QED) is 0.115. The molecule has 244 valence electrons.